The highest BCUT2D eigenvalue weighted by Crippen LogP contribution is 2.52. The lowest BCUT2D eigenvalue weighted by molar-refractivity contribution is 0.660. The van der Waals surface area contributed by atoms with Gasteiger partial charge in [0.1, 0.15) is 0 Å². The van der Waals surface area contributed by atoms with Gasteiger partial charge in [-0.3, -0.25) is 0 Å². The number of rotatable bonds is 6. The topological polar surface area (TPSA) is 25.8 Å². The van der Waals surface area contributed by atoms with Gasteiger partial charge in [0.25, 0.3) is 0 Å². The highest BCUT2D eigenvalue weighted by molar-refractivity contribution is 6.03. The zero-order valence-electron chi connectivity index (χ0n) is 30.9. The van der Waals surface area contributed by atoms with Gasteiger partial charge >= 0.3 is 0 Å². The van der Waals surface area contributed by atoms with Gasteiger partial charge < -0.3 is 0 Å². The monoisotopic (exact) mass is 702 g/mol. The number of aromatic nitrogens is 2. The zero-order chi connectivity index (χ0) is 36.9. The second-order valence-electron chi connectivity index (χ2n) is 15.0. The van der Waals surface area contributed by atoms with Gasteiger partial charge in [0.15, 0.2) is 5.82 Å². The first-order valence-electron chi connectivity index (χ1n) is 19.0. The third-order valence-electron chi connectivity index (χ3n) is 11.3. The molecule has 10 rings (SSSR count). The van der Waals surface area contributed by atoms with Crippen LogP contribution in [-0.2, 0) is 5.41 Å². The van der Waals surface area contributed by atoms with Crippen molar-refractivity contribution in [3.05, 3.63) is 205 Å². The van der Waals surface area contributed by atoms with E-state index in [0.29, 0.717) is 5.82 Å². The average Bonchev–Trinajstić information content (AvgIpc) is 3.48. The van der Waals surface area contributed by atoms with Crippen molar-refractivity contribution in [3.8, 4) is 78.4 Å². The van der Waals surface area contributed by atoms with Crippen LogP contribution >= 0.6 is 0 Å². The highest BCUT2D eigenvalue weighted by atomic mass is 14.9. The average molecular weight is 703 g/mol. The molecule has 0 amide bonds. The Kier molecular flexibility index (Phi) is 7.85. The third-order valence-corrected chi connectivity index (χ3v) is 11.3. The molecule has 0 unspecified atom stereocenters. The largest absolute Gasteiger partial charge is 0.228 e. The second kappa shape index (κ2) is 13.2. The lowest BCUT2D eigenvalue weighted by Crippen LogP contribution is -2.15. The van der Waals surface area contributed by atoms with Gasteiger partial charge in [-0.1, -0.05) is 178 Å². The van der Waals surface area contributed by atoms with Gasteiger partial charge in [0, 0.05) is 22.1 Å². The predicted octanol–water partition coefficient (Wildman–Crippen LogP) is 13.9. The van der Waals surface area contributed by atoms with Crippen LogP contribution in [0.4, 0.5) is 0 Å². The fourth-order valence-corrected chi connectivity index (χ4v) is 8.46. The molecule has 0 radical (unpaired) electrons. The van der Waals surface area contributed by atoms with E-state index in [0.717, 1.165) is 39.2 Å². The Morgan fingerprint density at radius 3 is 1.65 bits per heavy atom. The van der Waals surface area contributed by atoms with Crippen molar-refractivity contribution in [2.24, 2.45) is 0 Å². The van der Waals surface area contributed by atoms with E-state index in [1.165, 1.54) is 55.3 Å². The molecule has 0 saturated carbocycles. The number of benzene rings is 8. The fourth-order valence-electron chi connectivity index (χ4n) is 8.46. The van der Waals surface area contributed by atoms with Crippen LogP contribution in [0, 0.1) is 0 Å². The van der Waals surface area contributed by atoms with Gasteiger partial charge in [0.2, 0.25) is 0 Å². The maximum absolute atomic E-state index is 5.12. The minimum absolute atomic E-state index is 0.112. The maximum Gasteiger partial charge on any atom is 0.160 e. The van der Waals surface area contributed by atoms with E-state index in [9.17, 15) is 0 Å². The van der Waals surface area contributed by atoms with Crippen LogP contribution in [0.3, 0.4) is 0 Å². The summed E-state index contributed by atoms with van der Waals surface area (Å²) in [4.78, 5) is 10.1. The van der Waals surface area contributed by atoms with Gasteiger partial charge in [-0.05, 0) is 96.7 Å². The molecular weight excluding hydrogens is 665 g/mol. The standard InChI is InChI=1S/C53H38N2/c1-53(2)48-29-12-11-27-44(48)47-32-46(43-28-15-21-35-16-9-10-26-42(35)43)45(33-49(47)53)40-24-13-22-38(30-40)39-23-14-25-41(31-39)51-34-50(36-17-5-3-6-18-36)54-52(55-51)37-19-7-4-8-20-37/h3-34H,1-2H3. The molecule has 55 heavy (non-hydrogen) atoms. The molecule has 0 fully saturated rings. The Bertz CT molecular complexity index is 2820. The molecule has 0 atom stereocenters. The molecule has 260 valence electrons. The second-order valence-corrected chi connectivity index (χ2v) is 15.0. The molecule has 8 aromatic carbocycles. The molecule has 0 aliphatic heterocycles. The molecule has 9 aromatic rings. The molecule has 0 N–H and O–H groups in total. The first-order valence-corrected chi connectivity index (χ1v) is 19.0. The summed E-state index contributed by atoms with van der Waals surface area (Å²) in [5, 5.41) is 2.50. The molecule has 1 aliphatic carbocycles. The van der Waals surface area contributed by atoms with E-state index in [1.807, 2.05) is 24.3 Å². The first kappa shape index (κ1) is 32.7. The molecule has 2 heteroatoms. The van der Waals surface area contributed by atoms with Crippen molar-refractivity contribution >= 4 is 10.8 Å². The number of hydrogen-bond acceptors (Lipinski definition) is 2. The molecule has 1 aromatic heterocycles. The first-order chi connectivity index (χ1) is 27.0. The predicted molar refractivity (Wildman–Crippen MR) is 230 cm³/mol. The Labute approximate surface area is 322 Å². The van der Waals surface area contributed by atoms with E-state index >= 15 is 0 Å². The van der Waals surface area contributed by atoms with Crippen molar-refractivity contribution in [3.63, 3.8) is 0 Å². The molecule has 1 aliphatic rings. The summed E-state index contributed by atoms with van der Waals surface area (Å²) < 4.78 is 0. The summed E-state index contributed by atoms with van der Waals surface area (Å²) in [6.45, 7) is 4.72. The van der Waals surface area contributed by atoms with Crippen LogP contribution in [0.15, 0.2) is 194 Å². The minimum Gasteiger partial charge on any atom is -0.228 e. The Hall–Kier alpha value is -6.90. The van der Waals surface area contributed by atoms with E-state index < -0.39 is 0 Å². The van der Waals surface area contributed by atoms with Crippen LogP contribution in [0.25, 0.3) is 89.2 Å². The van der Waals surface area contributed by atoms with E-state index in [2.05, 4.69) is 184 Å². The van der Waals surface area contributed by atoms with E-state index in [1.54, 1.807) is 0 Å². The summed E-state index contributed by atoms with van der Waals surface area (Å²) in [6.07, 6.45) is 0. The molecule has 0 spiro atoms. The Balaban J connectivity index is 1.12. The summed E-state index contributed by atoms with van der Waals surface area (Å²) >= 11 is 0. The lowest BCUT2D eigenvalue weighted by atomic mass is 9.80. The van der Waals surface area contributed by atoms with Gasteiger partial charge in [-0.15, -0.1) is 0 Å². The van der Waals surface area contributed by atoms with E-state index in [-0.39, 0.29) is 5.41 Å². The van der Waals surface area contributed by atoms with Crippen LogP contribution in [0.2, 0.25) is 0 Å². The zero-order valence-corrected chi connectivity index (χ0v) is 30.9. The SMILES string of the molecule is CC1(C)c2ccccc2-c2cc(-c3cccc4ccccc34)c(-c3cccc(-c4cccc(-c5cc(-c6ccccc6)nc(-c6ccccc6)n5)c4)c3)cc21. The van der Waals surface area contributed by atoms with E-state index in [4.69, 9.17) is 9.97 Å². The number of fused-ring (bicyclic) bond motifs is 4. The van der Waals surface area contributed by atoms with Crippen LogP contribution < -0.4 is 0 Å². The maximum atomic E-state index is 5.12. The van der Waals surface area contributed by atoms with Gasteiger partial charge in [-0.2, -0.15) is 0 Å². The van der Waals surface area contributed by atoms with Crippen molar-refractivity contribution in [2.75, 3.05) is 0 Å². The summed E-state index contributed by atoms with van der Waals surface area (Å²) in [5.74, 6) is 0.715. The van der Waals surface area contributed by atoms with Crippen molar-refractivity contribution in [1.82, 2.24) is 9.97 Å². The smallest absolute Gasteiger partial charge is 0.160 e. The minimum atomic E-state index is -0.112. The molecule has 0 bridgehead atoms. The highest BCUT2D eigenvalue weighted by Gasteiger charge is 2.36. The summed E-state index contributed by atoms with van der Waals surface area (Å²) in [7, 11) is 0. The Morgan fingerprint density at radius 2 is 0.873 bits per heavy atom. The number of hydrogen-bond donors (Lipinski definition) is 0. The van der Waals surface area contributed by atoms with Gasteiger partial charge in [0.05, 0.1) is 11.4 Å². The molecule has 0 saturated heterocycles. The summed E-state index contributed by atoms with van der Waals surface area (Å²) in [5.41, 5.74) is 17.4. The van der Waals surface area contributed by atoms with Crippen molar-refractivity contribution in [2.45, 2.75) is 19.3 Å². The summed E-state index contributed by atoms with van der Waals surface area (Å²) in [6, 6.07) is 69.7. The van der Waals surface area contributed by atoms with Crippen LogP contribution in [-0.4, -0.2) is 9.97 Å². The lowest BCUT2D eigenvalue weighted by Gasteiger charge is -2.23. The Morgan fingerprint density at radius 1 is 0.327 bits per heavy atom. The molecular formula is C53H38N2. The third kappa shape index (κ3) is 5.75. The van der Waals surface area contributed by atoms with Crippen molar-refractivity contribution in [1.29, 1.82) is 0 Å². The van der Waals surface area contributed by atoms with Crippen LogP contribution in [0.1, 0.15) is 25.0 Å². The van der Waals surface area contributed by atoms with Gasteiger partial charge in [-0.25, -0.2) is 9.97 Å². The van der Waals surface area contributed by atoms with Crippen LogP contribution in [0.5, 0.6) is 0 Å². The fraction of sp³-hybridized carbons (Fsp3) is 0.0566. The number of nitrogens with zero attached hydrogens (tertiary/aromatic N) is 2. The molecule has 1 heterocycles. The van der Waals surface area contributed by atoms with Crippen molar-refractivity contribution < 1.29 is 0 Å². The quantitative estimate of drug-likeness (QED) is 0.172. The normalized spacial score (nSPS) is 12.7. The molecule has 2 nitrogen and oxygen atoms in total.